The van der Waals surface area contributed by atoms with Crippen LogP contribution in [0.3, 0.4) is 0 Å². The second-order valence-corrected chi connectivity index (χ2v) is 9.89. The molecule has 6 N–H and O–H groups in total. The van der Waals surface area contributed by atoms with Crippen molar-refractivity contribution in [2.75, 3.05) is 30.3 Å². The van der Waals surface area contributed by atoms with E-state index in [1.807, 2.05) is 4.90 Å². The molecule has 1 aromatic carbocycles. The van der Waals surface area contributed by atoms with Gasteiger partial charge in [-0.3, -0.25) is 9.36 Å². The molecule has 4 heterocycles. The van der Waals surface area contributed by atoms with E-state index in [0.717, 1.165) is 0 Å². The van der Waals surface area contributed by atoms with Gasteiger partial charge in [0, 0.05) is 12.6 Å². The second-order valence-electron chi connectivity index (χ2n) is 9.08. The Kier molecular flexibility index (Phi) is 9.17. The molecule has 1 amide bonds. The topological polar surface area (TPSA) is 198 Å². The molecule has 2 aliphatic heterocycles. The van der Waals surface area contributed by atoms with Crippen molar-refractivity contribution in [3.63, 3.8) is 0 Å². The van der Waals surface area contributed by atoms with E-state index < -0.39 is 42.6 Å². The first kappa shape index (κ1) is 31.3. The van der Waals surface area contributed by atoms with Gasteiger partial charge in [0.15, 0.2) is 23.8 Å². The summed E-state index contributed by atoms with van der Waals surface area (Å²) in [6.07, 6.45) is -8.95. The lowest BCUT2D eigenvalue weighted by atomic mass is 10.1. The molecule has 5 rings (SSSR count). The number of alkyl halides is 3. The summed E-state index contributed by atoms with van der Waals surface area (Å²) >= 11 is 12.0. The molecule has 4 atom stereocenters. The number of hydrogen-bond donors (Lipinski definition) is 5. The number of rotatable bonds is 6. The van der Waals surface area contributed by atoms with Crippen molar-refractivity contribution >= 4 is 58.0 Å². The Balaban J connectivity index is 0.000000517. The number of imidazole rings is 1. The summed E-state index contributed by atoms with van der Waals surface area (Å²) < 4.78 is 44.8. The van der Waals surface area contributed by atoms with E-state index >= 15 is 0 Å². The molecule has 2 fully saturated rings. The van der Waals surface area contributed by atoms with Crippen LogP contribution < -0.4 is 20.7 Å². The Labute approximate surface area is 244 Å². The highest BCUT2D eigenvalue weighted by atomic mass is 35.5. The van der Waals surface area contributed by atoms with E-state index in [1.54, 1.807) is 25.1 Å². The quantitative estimate of drug-likeness (QED) is 0.260. The Bertz CT molecular complexity index is 1470. The van der Waals surface area contributed by atoms with Gasteiger partial charge >= 0.3 is 12.1 Å². The zero-order valence-electron chi connectivity index (χ0n) is 21.5. The number of aromatic nitrogens is 4. The van der Waals surface area contributed by atoms with Gasteiger partial charge in [-0.2, -0.15) is 23.1 Å². The van der Waals surface area contributed by atoms with Crippen LogP contribution in [0.1, 0.15) is 13.2 Å². The third kappa shape index (κ3) is 6.54. The summed E-state index contributed by atoms with van der Waals surface area (Å²) in [4.78, 5) is 36.1. The fourth-order valence-electron chi connectivity index (χ4n) is 4.05. The largest absolute Gasteiger partial charge is 0.490 e. The van der Waals surface area contributed by atoms with Crippen molar-refractivity contribution in [3.05, 3.63) is 34.6 Å². The minimum absolute atomic E-state index is 0.120. The predicted molar refractivity (Wildman–Crippen MR) is 141 cm³/mol. The fraction of sp³-hybridized carbons (Fsp3) is 0.435. The van der Waals surface area contributed by atoms with Crippen LogP contribution in [0.4, 0.5) is 24.9 Å². The number of halogens is 5. The molecule has 0 spiro atoms. The third-order valence-electron chi connectivity index (χ3n) is 6.13. The number of aliphatic hydroxyl groups excluding tert-OH is 2. The van der Waals surface area contributed by atoms with Crippen molar-refractivity contribution in [1.82, 2.24) is 24.8 Å². The number of nitrogens with zero attached hydrogens (tertiary/aromatic N) is 5. The minimum atomic E-state index is -5.08. The number of aliphatic hydroxyl groups is 2. The highest BCUT2D eigenvalue weighted by Gasteiger charge is 2.48. The van der Waals surface area contributed by atoms with Gasteiger partial charge in [0.1, 0.15) is 29.6 Å². The maximum Gasteiger partial charge on any atom is 0.490 e. The molecule has 0 saturated carbocycles. The second kappa shape index (κ2) is 12.3. The summed E-state index contributed by atoms with van der Waals surface area (Å²) in [5, 5.41) is 31.5. The van der Waals surface area contributed by atoms with E-state index in [1.165, 1.54) is 10.9 Å². The maximum atomic E-state index is 12.2. The number of likely N-dealkylation sites (N-methyl/N-ethyl adjacent to an activating group) is 1. The molecule has 14 nitrogen and oxygen atoms in total. The number of anilines is 2. The van der Waals surface area contributed by atoms with E-state index in [-0.39, 0.29) is 11.9 Å². The number of carboxylic acid groups (broad SMARTS) is 1. The van der Waals surface area contributed by atoms with Crippen molar-refractivity contribution in [2.45, 2.75) is 43.7 Å². The molecular weight excluding hydrogens is 614 g/mol. The normalized spacial score (nSPS) is 22.3. The lowest BCUT2D eigenvalue weighted by molar-refractivity contribution is -0.192. The Morgan fingerprint density at radius 1 is 1.19 bits per heavy atom. The molecule has 2 aromatic heterocycles. The summed E-state index contributed by atoms with van der Waals surface area (Å²) in [5.41, 5.74) is 6.73. The summed E-state index contributed by atoms with van der Waals surface area (Å²) in [6.45, 7) is 3.10. The molecule has 3 aromatic rings. The van der Waals surface area contributed by atoms with Crippen molar-refractivity contribution < 1.29 is 47.6 Å². The smallest absolute Gasteiger partial charge is 0.487 e. The van der Waals surface area contributed by atoms with Gasteiger partial charge in [0.05, 0.1) is 29.5 Å². The highest BCUT2D eigenvalue weighted by molar-refractivity contribution is 6.42. The summed E-state index contributed by atoms with van der Waals surface area (Å²) in [7, 11) is 0. The van der Waals surface area contributed by atoms with Crippen LogP contribution in [0.25, 0.3) is 11.2 Å². The Morgan fingerprint density at radius 2 is 1.86 bits per heavy atom. The zero-order valence-corrected chi connectivity index (χ0v) is 23.0. The molecule has 0 aliphatic carbocycles. The monoisotopic (exact) mass is 637 g/mol. The van der Waals surface area contributed by atoms with Crippen LogP contribution >= 0.6 is 23.2 Å². The van der Waals surface area contributed by atoms with Gasteiger partial charge < -0.3 is 40.7 Å². The number of carbonyl (C=O) groups excluding carboxylic acids is 1. The number of carboxylic acids is 1. The van der Waals surface area contributed by atoms with E-state index in [9.17, 15) is 28.2 Å². The molecule has 42 heavy (non-hydrogen) atoms. The van der Waals surface area contributed by atoms with Crippen LogP contribution in [0.15, 0.2) is 24.5 Å². The number of benzene rings is 1. The molecule has 0 unspecified atom stereocenters. The number of fused-ring (bicyclic) bond motifs is 1. The first-order chi connectivity index (χ1) is 19.7. The number of hydrogen-bond acceptors (Lipinski definition) is 11. The van der Waals surface area contributed by atoms with Gasteiger partial charge in [0.2, 0.25) is 5.95 Å². The van der Waals surface area contributed by atoms with E-state index in [0.29, 0.717) is 52.5 Å². The molecule has 2 aliphatic rings. The summed E-state index contributed by atoms with van der Waals surface area (Å²) in [5.74, 6) is -2.18. The Morgan fingerprint density at radius 3 is 2.45 bits per heavy atom. The maximum absolute atomic E-state index is 12.2. The highest BCUT2D eigenvalue weighted by Crippen LogP contribution is 2.34. The van der Waals surface area contributed by atoms with E-state index in [2.05, 4.69) is 20.3 Å². The Hall–Kier alpha value is -3.64. The van der Waals surface area contributed by atoms with Crippen LogP contribution in [0, 0.1) is 0 Å². The SMILES string of the molecule is CCNC(=O)[C@@H]1O[C@@H](n2cnc3c(N)nc(N4CC(Oc5ccc(Cl)c(Cl)c5)C4)nc32)[C@@H](O)[C@H]1O.O=C(O)C(F)(F)F. The van der Waals surface area contributed by atoms with Crippen molar-refractivity contribution in [2.24, 2.45) is 0 Å². The molecule has 19 heteroatoms. The van der Waals surface area contributed by atoms with Crippen LogP contribution in [-0.4, -0.2) is 96.9 Å². The number of aliphatic carboxylic acids is 1. The molecule has 228 valence electrons. The van der Waals surface area contributed by atoms with Gasteiger partial charge in [-0.15, -0.1) is 0 Å². The number of amides is 1. The zero-order chi connectivity index (χ0) is 30.9. The molecular formula is C23H24Cl2F3N7O7. The van der Waals surface area contributed by atoms with Crippen LogP contribution in [0.2, 0.25) is 10.0 Å². The van der Waals surface area contributed by atoms with Gasteiger partial charge in [-0.25, -0.2) is 9.78 Å². The van der Waals surface area contributed by atoms with Gasteiger partial charge in [-0.05, 0) is 19.1 Å². The summed E-state index contributed by atoms with van der Waals surface area (Å²) in [6, 6.07) is 5.06. The number of ether oxygens (including phenoxy) is 2. The first-order valence-electron chi connectivity index (χ1n) is 12.2. The van der Waals surface area contributed by atoms with Crippen LogP contribution in [-0.2, 0) is 14.3 Å². The molecule has 0 bridgehead atoms. The number of nitrogen functional groups attached to an aromatic ring is 1. The standard InChI is InChI=1S/C21H23Cl2N7O5.C2HF3O2/c1-2-25-19(33)16-14(31)15(32)20(35-16)30-8-26-13-17(24)27-21(28-18(13)30)29-6-10(7-29)34-9-3-4-11(22)12(23)5-9;3-2(4,5)1(6)7/h3-5,8,10,14-16,20,31-32H,2,6-7H2,1H3,(H,25,33)(H2,24,27,28);(H,6,7)/t14-,15+,16-,20-;/m1./s1. The average molecular weight is 638 g/mol. The van der Waals surface area contributed by atoms with Crippen LogP contribution in [0.5, 0.6) is 5.75 Å². The molecule has 2 saturated heterocycles. The first-order valence-corrected chi connectivity index (χ1v) is 12.9. The minimum Gasteiger partial charge on any atom is -0.487 e. The fourth-order valence-corrected chi connectivity index (χ4v) is 4.34. The number of carbonyl (C=O) groups is 2. The number of nitrogens with two attached hydrogens (primary N) is 1. The van der Waals surface area contributed by atoms with Gasteiger partial charge in [-0.1, -0.05) is 23.2 Å². The van der Waals surface area contributed by atoms with Crippen molar-refractivity contribution in [3.8, 4) is 5.75 Å². The van der Waals surface area contributed by atoms with Crippen molar-refractivity contribution in [1.29, 1.82) is 0 Å². The lowest BCUT2D eigenvalue weighted by Gasteiger charge is -2.39. The van der Waals surface area contributed by atoms with Gasteiger partial charge in [0.25, 0.3) is 5.91 Å². The lowest BCUT2D eigenvalue weighted by Crippen LogP contribution is -2.54. The van der Waals surface area contributed by atoms with E-state index in [4.69, 9.17) is 48.3 Å². The predicted octanol–water partition coefficient (Wildman–Crippen LogP) is 1.37. The number of nitrogens with one attached hydrogen (secondary N) is 1. The molecule has 0 radical (unpaired) electrons. The third-order valence-corrected chi connectivity index (χ3v) is 6.86. The average Bonchev–Trinajstić information content (AvgIpc) is 3.44.